The van der Waals surface area contributed by atoms with Crippen LogP contribution < -0.4 is 10.1 Å². The number of nitrogens with one attached hydrogen (secondary N) is 1. The van der Waals surface area contributed by atoms with Gasteiger partial charge in [-0.15, -0.1) is 0 Å². The molecule has 128 valence electrons. The van der Waals surface area contributed by atoms with Crippen LogP contribution >= 0.6 is 0 Å². The van der Waals surface area contributed by atoms with Gasteiger partial charge in [-0.2, -0.15) is 0 Å². The summed E-state index contributed by atoms with van der Waals surface area (Å²) in [4.78, 5) is 21.0. The Kier molecular flexibility index (Phi) is 5.09. The summed E-state index contributed by atoms with van der Waals surface area (Å²) in [5.74, 6) is 2.19. The fraction of sp³-hybridized carbons (Fsp3) is 0.211. The number of amides is 1. The molecule has 0 spiro atoms. The van der Waals surface area contributed by atoms with Crippen molar-refractivity contribution in [2.24, 2.45) is 0 Å². The molecule has 0 aliphatic heterocycles. The number of nitrogens with zero attached hydrogens (tertiary/aromatic N) is 3. The third-order valence-corrected chi connectivity index (χ3v) is 3.93. The number of benzene rings is 1. The van der Waals surface area contributed by atoms with Gasteiger partial charge < -0.3 is 10.1 Å². The molecule has 0 saturated heterocycles. The number of rotatable bonds is 6. The molecule has 2 heterocycles. The van der Waals surface area contributed by atoms with E-state index >= 15 is 0 Å². The van der Waals surface area contributed by atoms with Crippen molar-refractivity contribution in [3.8, 4) is 11.6 Å². The Morgan fingerprint density at radius 3 is 2.76 bits per heavy atom. The van der Waals surface area contributed by atoms with Crippen LogP contribution in [0.2, 0.25) is 0 Å². The molecule has 6 heteroatoms. The Morgan fingerprint density at radius 1 is 1.16 bits per heavy atom. The van der Waals surface area contributed by atoms with Crippen molar-refractivity contribution in [1.82, 2.24) is 14.5 Å². The molecule has 2 aromatic heterocycles. The van der Waals surface area contributed by atoms with Crippen LogP contribution in [0.3, 0.4) is 0 Å². The molecule has 25 heavy (non-hydrogen) atoms. The average molecular weight is 336 g/mol. The van der Waals surface area contributed by atoms with E-state index in [-0.39, 0.29) is 5.91 Å². The summed E-state index contributed by atoms with van der Waals surface area (Å²) in [6, 6.07) is 11.4. The number of hydrogen-bond donors (Lipinski definition) is 1. The third kappa shape index (κ3) is 3.85. The van der Waals surface area contributed by atoms with Crippen LogP contribution in [0.4, 0.5) is 5.69 Å². The number of carbonyl (C=O) groups is 1. The Hall–Kier alpha value is -3.15. The van der Waals surface area contributed by atoms with Gasteiger partial charge in [-0.3, -0.25) is 9.36 Å². The maximum absolute atomic E-state index is 12.4. The van der Waals surface area contributed by atoms with E-state index in [9.17, 15) is 4.79 Å². The number of ether oxygens (including phenoxy) is 1. The first-order valence-electron chi connectivity index (χ1n) is 8.06. The zero-order valence-corrected chi connectivity index (χ0v) is 14.3. The van der Waals surface area contributed by atoms with Gasteiger partial charge in [0.25, 0.3) is 0 Å². The molecule has 3 aromatic rings. The van der Waals surface area contributed by atoms with E-state index in [2.05, 4.69) is 15.3 Å². The van der Waals surface area contributed by atoms with E-state index in [1.807, 2.05) is 48.0 Å². The normalized spacial score (nSPS) is 10.5. The summed E-state index contributed by atoms with van der Waals surface area (Å²) in [6.45, 7) is 1.89. The van der Waals surface area contributed by atoms with Gasteiger partial charge in [0.2, 0.25) is 5.91 Å². The highest BCUT2D eigenvalue weighted by atomic mass is 16.5. The largest absolute Gasteiger partial charge is 0.496 e. The smallest absolute Gasteiger partial charge is 0.224 e. The highest BCUT2D eigenvalue weighted by Crippen LogP contribution is 2.21. The van der Waals surface area contributed by atoms with E-state index in [4.69, 9.17) is 4.74 Å². The summed E-state index contributed by atoms with van der Waals surface area (Å²) in [7, 11) is 1.63. The summed E-state index contributed by atoms with van der Waals surface area (Å²) in [6.07, 6.45) is 6.19. The fourth-order valence-electron chi connectivity index (χ4n) is 2.66. The molecule has 3 rings (SSSR count). The average Bonchev–Trinajstić information content (AvgIpc) is 3.06. The summed E-state index contributed by atoms with van der Waals surface area (Å²) in [5, 5.41) is 2.94. The number of para-hydroxylation sites is 1. The molecule has 1 N–H and O–H groups in total. The number of aromatic nitrogens is 3. The molecule has 0 bridgehead atoms. The molecule has 0 unspecified atom stereocenters. The summed E-state index contributed by atoms with van der Waals surface area (Å²) < 4.78 is 7.17. The lowest BCUT2D eigenvalue weighted by Crippen LogP contribution is -2.15. The number of imidazole rings is 1. The lowest BCUT2D eigenvalue weighted by molar-refractivity contribution is -0.116. The number of carbonyl (C=O) groups excluding carboxylic acids is 1. The van der Waals surface area contributed by atoms with Crippen LogP contribution in [0.1, 0.15) is 17.8 Å². The second-order valence-electron chi connectivity index (χ2n) is 5.58. The first-order valence-corrected chi connectivity index (χ1v) is 8.06. The second kappa shape index (κ2) is 7.61. The van der Waals surface area contributed by atoms with Crippen LogP contribution in [0.15, 0.2) is 55.0 Å². The molecule has 0 atom stereocenters. The maximum atomic E-state index is 12.4. The molecular weight excluding hydrogens is 316 g/mol. The highest BCUT2D eigenvalue weighted by Gasteiger charge is 2.12. The molecule has 0 radical (unpaired) electrons. The van der Waals surface area contributed by atoms with Gasteiger partial charge in [-0.1, -0.05) is 18.2 Å². The number of hydrogen-bond acceptors (Lipinski definition) is 4. The molecule has 6 nitrogen and oxygen atoms in total. The zero-order valence-electron chi connectivity index (χ0n) is 14.3. The first-order chi connectivity index (χ1) is 12.2. The number of pyridine rings is 1. The molecule has 0 aliphatic carbocycles. The Morgan fingerprint density at radius 2 is 2.00 bits per heavy atom. The SMILES string of the molecule is COc1ccccc1CCC(=O)Nc1cccnc1-n1ccnc1C. The second-order valence-corrected chi connectivity index (χ2v) is 5.58. The van der Waals surface area contributed by atoms with E-state index in [0.717, 1.165) is 17.1 Å². The molecule has 1 amide bonds. The molecule has 0 fully saturated rings. The Balaban J connectivity index is 1.71. The van der Waals surface area contributed by atoms with Crippen LogP contribution in [0.5, 0.6) is 5.75 Å². The maximum Gasteiger partial charge on any atom is 0.224 e. The number of methoxy groups -OCH3 is 1. The van der Waals surface area contributed by atoms with Crippen LogP contribution in [-0.4, -0.2) is 27.6 Å². The van der Waals surface area contributed by atoms with Crippen molar-refractivity contribution in [3.05, 3.63) is 66.4 Å². The van der Waals surface area contributed by atoms with Crippen LogP contribution in [0, 0.1) is 6.92 Å². The summed E-state index contributed by atoms with van der Waals surface area (Å²) >= 11 is 0. The predicted molar refractivity (Wildman–Crippen MR) is 96.0 cm³/mol. The summed E-state index contributed by atoms with van der Waals surface area (Å²) in [5.41, 5.74) is 1.67. The quantitative estimate of drug-likeness (QED) is 0.751. The Labute approximate surface area is 146 Å². The van der Waals surface area contributed by atoms with Gasteiger partial charge in [0, 0.05) is 25.0 Å². The minimum Gasteiger partial charge on any atom is -0.496 e. The van der Waals surface area contributed by atoms with Crippen LogP contribution in [0.25, 0.3) is 5.82 Å². The van der Waals surface area contributed by atoms with Crippen molar-refractivity contribution in [1.29, 1.82) is 0 Å². The monoisotopic (exact) mass is 336 g/mol. The number of aryl methyl sites for hydroxylation is 2. The van der Waals surface area contributed by atoms with E-state index in [1.54, 1.807) is 25.6 Å². The minimum atomic E-state index is -0.0714. The first kappa shape index (κ1) is 16.7. The predicted octanol–water partition coefficient (Wildman–Crippen LogP) is 3.16. The molecular formula is C19H20N4O2. The van der Waals surface area contributed by atoms with Crippen molar-refractivity contribution >= 4 is 11.6 Å². The van der Waals surface area contributed by atoms with E-state index in [0.29, 0.717) is 24.3 Å². The van der Waals surface area contributed by atoms with Crippen molar-refractivity contribution < 1.29 is 9.53 Å². The Bertz CT molecular complexity index is 873. The lowest BCUT2D eigenvalue weighted by Gasteiger charge is -2.12. The van der Waals surface area contributed by atoms with Crippen molar-refractivity contribution in [3.63, 3.8) is 0 Å². The van der Waals surface area contributed by atoms with Gasteiger partial charge in [-0.05, 0) is 37.1 Å². The standard InChI is InChI=1S/C19H20N4O2/c1-14-20-12-13-23(14)19-16(7-5-11-21-19)22-18(24)10-9-15-6-3-4-8-17(15)25-2/h3-8,11-13H,9-10H2,1-2H3,(H,22,24). The van der Waals surface area contributed by atoms with Gasteiger partial charge in [0.05, 0.1) is 12.8 Å². The van der Waals surface area contributed by atoms with Gasteiger partial charge >= 0.3 is 0 Å². The zero-order chi connectivity index (χ0) is 17.6. The van der Waals surface area contributed by atoms with Crippen molar-refractivity contribution in [2.45, 2.75) is 19.8 Å². The van der Waals surface area contributed by atoms with Gasteiger partial charge in [-0.25, -0.2) is 9.97 Å². The lowest BCUT2D eigenvalue weighted by atomic mass is 10.1. The number of anilines is 1. The fourth-order valence-corrected chi connectivity index (χ4v) is 2.66. The van der Waals surface area contributed by atoms with Gasteiger partial charge in [0.1, 0.15) is 11.6 Å². The highest BCUT2D eigenvalue weighted by molar-refractivity contribution is 5.92. The van der Waals surface area contributed by atoms with Crippen LogP contribution in [-0.2, 0) is 11.2 Å². The minimum absolute atomic E-state index is 0.0714. The van der Waals surface area contributed by atoms with E-state index in [1.165, 1.54) is 0 Å². The molecule has 0 saturated carbocycles. The molecule has 0 aliphatic rings. The van der Waals surface area contributed by atoms with Crippen molar-refractivity contribution in [2.75, 3.05) is 12.4 Å². The third-order valence-electron chi connectivity index (χ3n) is 3.93. The van der Waals surface area contributed by atoms with E-state index < -0.39 is 0 Å². The van der Waals surface area contributed by atoms with Gasteiger partial charge in [0.15, 0.2) is 5.82 Å². The topological polar surface area (TPSA) is 69.0 Å². The molecule has 1 aromatic carbocycles.